The highest BCUT2D eigenvalue weighted by atomic mass is 16.3. The average Bonchev–Trinajstić information content (AvgIpc) is 2.64. The van der Waals surface area contributed by atoms with E-state index < -0.39 is 0 Å². The fourth-order valence-electron chi connectivity index (χ4n) is 4.02. The van der Waals surface area contributed by atoms with Crippen molar-refractivity contribution in [2.24, 2.45) is 0 Å². The summed E-state index contributed by atoms with van der Waals surface area (Å²) in [7, 11) is 0. The third kappa shape index (κ3) is 4.93. The lowest BCUT2D eigenvalue weighted by atomic mass is 9.80. The second kappa shape index (κ2) is 9.94. The molecule has 0 heterocycles. The minimum Gasteiger partial charge on any atom is -0.507 e. The normalized spacial score (nSPS) is 11.6. The molecule has 0 aromatic heterocycles. The van der Waals surface area contributed by atoms with E-state index >= 15 is 0 Å². The lowest BCUT2D eigenvalue weighted by Gasteiger charge is -2.25. The molecule has 27 heavy (non-hydrogen) atoms. The first kappa shape index (κ1) is 21.5. The van der Waals surface area contributed by atoms with Crippen LogP contribution < -0.4 is 0 Å². The van der Waals surface area contributed by atoms with Crippen molar-refractivity contribution in [2.45, 2.75) is 85.2 Å². The summed E-state index contributed by atoms with van der Waals surface area (Å²) in [6, 6.07) is 9.85. The number of unbranched alkanes of at least 4 members (excludes halogenated alkanes) is 3. The van der Waals surface area contributed by atoms with Gasteiger partial charge in [0.15, 0.2) is 0 Å². The molecule has 0 saturated carbocycles. The van der Waals surface area contributed by atoms with Crippen LogP contribution in [0.1, 0.15) is 94.4 Å². The van der Waals surface area contributed by atoms with Gasteiger partial charge in [0.2, 0.25) is 0 Å². The van der Waals surface area contributed by atoms with Crippen molar-refractivity contribution in [1.82, 2.24) is 0 Å². The van der Waals surface area contributed by atoms with Crippen molar-refractivity contribution < 1.29 is 10.2 Å². The van der Waals surface area contributed by atoms with Crippen LogP contribution in [0.15, 0.2) is 30.3 Å². The van der Waals surface area contributed by atoms with Crippen LogP contribution >= 0.6 is 0 Å². The van der Waals surface area contributed by atoms with E-state index in [-0.39, 0.29) is 12.4 Å². The third-order valence-corrected chi connectivity index (χ3v) is 5.47. The maximum atomic E-state index is 10.6. The van der Waals surface area contributed by atoms with Gasteiger partial charge in [0, 0.05) is 5.56 Å². The Labute approximate surface area is 165 Å². The Morgan fingerprint density at radius 1 is 0.852 bits per heavy atom. The van der Waals surface area contributed by atoms with Gasteiger partial charge in [-0.05, 0) is 58.6 Å². The van der Waals surface area contributed by atoms with Gasteiger partial charge in [0.05, 0.1) is 6.61 Å². The van der Waals surface area contributed by atoms with Crippen LogP contribution in [0, 0.1) is 0 Å². The monoisotopic (exact) mass is 368 g/mol. The Hall–Kier alpha value is -1.80. The van der Waals surface area contributed by atoms with Gasteiger partial charge >= 0.3 is 0 Å². The molecule has 148 valence electrons. The largest absolute Gasteiger partial charge is 0.507 e. The molecule has 0 fully saturated rings. The number of phenolic OH excluding ortho intramolecular Hbond substituents is 1. The van der Waals surface area contributed by atoms with Crippen LogP contribution in [0.25, 0.3) is 11.1 Å². The van der Waals surface area contributed by atoms with E-state index in [1.807, 2.05) is 18.2 Å². The standard InChI is InChI=1S/C25H36O2/c1-6-7-8-9-12-19-21(17(2)3)15-22(18(4)5)23(16-26)25(19)20-13-10-11-14-24(20)27/h10-11,13-15,17-18,26-27H,6-9,12,16H2,1-5H3. The van der Waals surface area contributed by atoms with E-state index in [4.69, 9.17) is 0 Å². The molecular weight excluding hydrogens is 332 g/mol. The lowest BCUT2D eigenvalue weighted by Crippen LogP contribution is -2.09. The van der Waals surface area contributed by atoms with E-state index in [1.165, 1.54) is 36.0 Å². The van der Waals surface area contributed by atoms with E-state index in [9.17, 15) is 10.2 Å². The predicted octanol–water partition coefficient (Wildman–Crippen LogP) is 6.92. The first-order valence-corrected chi connectivity index (χ1v) is 10.5. The van der Waals surface area contributed by atoms with Gasteiger partial charge < -0.3 is 10.2 Å². The zero-order valence-electron chi connectivity index (χ0n) is 17.7. The molecule has 2 N–H and O–H groups in total. The van der Waals surface area contributed by atoms with Crippen LogP contribution in [0.4, 0.5) is 0 Å². The second-order valence-corrected chi connectivity index (χ2v) is 8.18. The molecule has 0 unspecified atom stereocenters. The number of aliphatic hydroxyl groups is 1. The third-order valence-electron chi connectivity index (χ3n) is 5.47. The van der Waals surface area contributed by atoms with Gasteiger partial charge in [-0.25, -0.2) is 0 Å². The molecule has 0 radical (unpaired) electrons. The topological polar surface area (TPSA) is 40.5 Å². The number of hydrogen-bond donors (Lipinski definition) is 2. The van der Waals surface area contributed by atoms with Crippen molar-refractivity contribution in [3.8, 4) is 16.9 Å². The van der Waals surface area contributed by atoms with Crippen LogP contribution in [-0.4, -0.2) is 10.2 Å². The first-order chi connectivity index (χ1) is 12.9. The smallest absolute Gasteiger partial charge is 0.123 e. The van der Waals surface area contributed by atoms with E-state index in [0.717, 1.165) is 29.5 Å². The van der Waals surface area contributed by atoms with Gasteiger partial charge in [-0.15, -0.1) is 0 Å². The zero-order chi connectivity index (χ0) is 20.0. The summed E-state index contributed by atoms with van der Waals surface area (Å²) in [5, 5.41) is 20.9. The maximum absolute atomic E-state index is 10.6. The van der Waals surface area contributed by atoms with Crippen molar-refractivity contribution in [2.75, 3.05) is 0 Å². The van der Waals surface area contributed by atoms with Crippen LogP contribution in [-0.2, 0) is 13.0 Å². The number of para-hydroxylation sites is 1. The predicted molar refractivity (Wildman–Crippen MR) is 115 cm³/mol. The van der Waals surface area contributed by atoms with Crippen LogP contribution in [0.5, 0.6) is 5.75 Å². The Balaban J connectivity index is 2.75. The van der Waals surface area contributed by atoms with Gasteiger partial charge in [-0.3, -0.25) is 0 Å². The molecule has 0 spiro atoms. The van der Waals surface area contributed by atoms with E-state index in [1.54, 1.807) is 6.07 Å². The highest BCUT2D eigenvalue weighted by Gasteiger charge is 2.22. The van der Waals surface area contributed by atoms with Gasteiger partial charge in [-0.1, -0.05) is 78.1 Å². The average molecular weight is 369 g/mol. The molecule has 0 aliphatic heterocycles. The minimum atomic E-state index is -0.00246. The van der Waals surface area contributed by atoms with Crippen molar-refractivity contribution in [3.63, 3.8) is 0 Å². The number of hydrogen-bond acceptors (Lipinski definition) is 2. The molecule has 0 amide bonds. The summed E-state index contributed by atoms with van der Waals surface area (Å²) in [6.07, 6.45) is 5.81. The zero-order valence-corrected chi connectivity index (χ0v) is 17.7. The molecule has 2 heteroatoms. The minimum absolute atomic E-state index is 0.00246. The van der Waals surface area contributed by atoms with Gasteiger partial charge in [-0.2, -0.15) is 0 Å². The Kier molecular flexibility index (Phi) is 7.91. The molecule has 0 atom stereocenters. The highest BCUT2D eigenvalue weighted by molar-refractivity contribution is 5.78. The molecule has 2 aromatic carbocycles. The highest BCUT2D eigenvalue weighted by Crippen LogP contribution is 2.42. The summed E-state index contributed by atoms with van der Waals surface area (Å²) >= 11 is 0. The van der Waals surface area contributed by atoms with Crippen molar-refractivity contribution >= 4 is 0 Å². The maximum Gasteiger partial charge on any atom is 0.123 e. The van der Waals surface area contributed by atoms with Crippen molar-refractivity contribution in [3.05, 3.63) is 52.6 Å². The molecule has 2 rings (SSSR count). The molecule has 0 aliphatic carbocycles. The number of aromatic hydroxyl groups is 1. The fraction of sp³-hybridized carbons (Fsp3) is 0.520. The number of aliphatic hydroxyl groups excluding tert-OH is 1. The summed E-state index contributed by atoms with van der Waals surface area (Å²) in [5.41, 5.74) is 6.72. The van der Waals surface area contributed by atoms with E-state index in [0.29, 0.717) is 11.8 Å². The summed E-state index contributed by atoms with van der Waals surface area (Å²) in [6.45, 7) is 11.1. The number of benzene rings is 2. The second-order valence-electron chi connectivity index (χ2n) is 8.18. The number of phenols is 1. The number of rotatable bonds is 9. The molecule has 2 nitrogen and oxygen atoms in total. The van der Waals surface area contributed by atoms with E-state index in [2.05, 4.69) is 40.7 Å². The summed E-state index contributed by atoms with van der Waals surface area (Å²) < 4.78 is 0. The van der Waals surface area contributed by atoms with Gasteiger partial charge in [0.1, 0.15) is 5.75 Å². The van der Waals surface area contributed by atoms with Crippen LogP contribution in [0.2, 0.25) is 0 Å². The Bertz CT molecular complexity index is 744. The molecule has 0 saturated heterocycles. The lowest BCUT2D eigenvalue weighted by molar-refractivity contribution is 0.280. The molecule has 0 aliphatic rings. The molecule has 0 bridgehead atoms. The first-order valence-electron chi connectivity index (χ1n) is 10.5. The van der Waals surface area contributed by atoms with Crippen molar-refractivity contribution in [1.29, 1.82) is 0 Å². The Morgan fingerprint density at radius 2 is 1.48 bits per heavy atom. The molecular formula is C25H36O2. The summed E-state index contributed by atoms with van der Waals surface area (Å²) in [5.74, 6) is 1.02. The Morgan fingerprint density at radius 3 is 2.04 bits per heavy atom. The fourth-order valence-corrected chi connectivity index (χ4v) is 4.02. The summed E-state index contributed by atoms with van der Waals surface area (Å²) in [4.78, 5) is 0. The quantitative estimate of drug-likeness (QED) is 0.472. The van der Waals surface area contributed by atoms with Gasteiger partial charge in [0.25, 0.3) is 0 Å². The van der Waals surface area contributed by atoms with Crippen LogP contribution in [0.3, 0.4) is 0 Å². The molecule has 2 aromatic rings. The SMILES string of the molecule is CCCCCCc1c(C(C)C)cc(C(C)C)c(CO)c1-c1ccccc1O.